The second-order valence-electron chi connectivity index (χ2n) is 6.61. The van der Waals surface area contributed by atoms with Gasteiger partial charge in [-0.25, -0.2) is 17.8 Å². The van der Waals surface area contributed by atoms with Gasteiger partial charge in [0.2, 0.25) is 0 Å². The van der Waals surface area contributed by atoms with Crippen LogP contribution < -0.4 is 10.1 Å². The van der Waals surface area contributed by atoms with Crippen molar-refractivity contribution in [2.45, 2.75) is 18.1 Å². The van der Waals surface area contributed by atoms with Crippen LogP contribution in [0.5, 0.6) is 11.5 Å². The number of pyridine rings is 1. The third-order valence-electron chi connectivity index (χ3n) is 4.22. The molecule has 6 nitrogen and oxygen atoms in total. The Labute approximate surface area is 194 Å². The quantitative estimate of drug-likeness (QED) is 0.319. The molecule has 2 aromatic carbocycles. The van der Waals surface area contributed by atoms with Crippen LogP contribution in [0.3, 0.4) is 0 Å². The number of aryl methyl sites for hydroxylation is 1. The molecule has 0 saturated carbocycles. The first-order valence-corrected chi connectivity index (χ1v) is 11.5. The number of amides is 1. The highest BCUT2D eigenvalue weighted by molar-refractivity contribution is 8.13. The average Bonchev–Trinajstić information content (AvgIpc) is 2.69. The first-order chi connectivity index (χ1) is 15.3. The van der Waals surface area contributed by atoms with Crippen LogP contribution in [0.15, 0.2) is 53.7 Å². The number of aromatic nitrogens is 1. The monoisotopic (exact) mass is 522 g/mol. The van der Waals surface area contributed by atoms with Crippen molar-refractivity contribution in [2.24, 2.45) is 0 Å². The fourth-order valence-electron chi connectivity index (χ4n) is 2.70. The highest BCUT2D eigenvalue weighted by Gasteiger charge is 2.35. The smallest absolute Gasteiger partial charge is 0.417 e. The van der Waals surface area contributed by atoms with Crippen molar-refractivity contribution in [3.8, 4) is 11.5 Å². The lowest BCUT2D eigenvalue weighted by Crippen LogP contribution is -2.15. The van der Waals surface area contributed by atoms with Gasteiger partial charge in [-0.15, -0.1) is 0 Å². The molecular weight excluding hydrogens is 511 g/mol. The van der Waals surface area contributed by atoms with Crippen LogP contribution in [-0.2, 0) is 15.2 Å². The zero-order valence-electron chi connectivity index (χ0n) is 16.4. The lowest BCUT2D eigenvalue weighted by molar-refractivity contribution is -0.137. The van der Waals surface area contributed by atoms with Gasteiger partial charge in [0.05, 0.1) is 16.1 Å². The van der Waals surface area contributed by atoms with Crippen LogP contribution in [0.25, 0.3) is 0 Å². The van der Waals surface area contributed by atoms with E-state index in [2.05, 4.69) is 10.3 Å². The van der Waals surface area contributed by atoms with Crippen molar-refractivity contribution >= 4 is 42.9 Å². The van der Waals surface area contributed by atoms with Gasteiger partial charge >= 0.3 is 6.18 Å². The summed E-state index contributed by atoms with van der Waals surface area (Å²) < 4.78 is 81.9. The number of benzene rings is 2. The minimum absolute atomic E-state index is 0.000303. The summed E-state index contributed by atoms with van der Waals surface area (Å²) in [7, 11) is 1.03. The maximum atomic E-state index is 13.4. The van der Waals surface area contributed by atoms with E-state index in [1.54, 1.807) is 0 Å². The molecule has 0 atom stereocenters. The van der Waals surface area contributed by atoms with Gasteiger partial charge in [-0.3, -0.25) is 4.79 Å². The average molecular weight is 523 g/mol. The van der Waals surface area contributed by atoms with Gasteiger partial charge in [0.1, 0.15) is 17.3 Å². The number of hydrogen-bond acceptors (Lipinski definition) is 5. The Kier molecular flexibility index (Phi) is 6.87. The standard InChI is InChI=1S/C20H12Cl2F4N2O4S/c1-10-6-11(23)2-3-16(10)32-17-9-14(20(24,25)26)15(21)8-13(17)19(29)28-12-4-5-27-18(7-12)33(22,30)31/h2-9H,1H3,(H,27,28,29). The Morgan fingerprint density at radius 2 is 1.79 bits per heavy atom. The molecule has 0 spiro atoms. The van der Waals surface area contributed by atoms with Crippen molar-refractivity contribution in [1.82, 2.24) is 4.98 Å². The molecule has 174 valence electrons. The van der Waals surface area contributed by atoms with E-state index in [4.69, 9.17) is 27.0 Å². The molecule has 1 N–H and O–H groups in total. The van der Waals surface area contributed by atoms with Crippen LogP contribution in [0.4, 0.5) is 23.2 Å². The van der Waals surface area contributed by atoms with Crippen molar-refractivity contribution in [3.05, 3.63) is 76.2 Å². The fraction of sp³-hybridized carbons (Fsp3) is 0.100. The second-order valence-corrected chi connectivity index (χ2v) is 9.53. The van der Waals surface area contributed by atoms with E-state index in [0.29, 0.717) is 6.07 Å². The first-order valence-electron chi connectivity index (χ1n) is 8.82. The number of nitrogens with one attached hydrogen (secondary N) is 1. The number of ether oxygens (including phenoxy) is 1. The van der Waals surface area contributed by atoms with E-state index < -0.39 is 53.9 Å². The predicted octanol–water partition coefficient (Wildman–Crippen LogP) is 6.17. The second kappa shape index (κ2) is 9.16. The molecule has 0 radical (unpaired) electrons. The van der Waals surface area contributed by atoms with Crippen LogP contribution in [-0.4, -0.2) is 19.3 Å². The van der Waals surface area contributed by atoms with Crippen LogP contribution in [0.2, 0.25) is 5.02 Å². The maximum Gasteiger partial charge on any atom is 0.417 e. The molecule has 3 rings (SSSR count). The first kappa shape index (κ1) is 24.7. The van der Waals surface area contributed by atoms with Gasteiger partial charge in [0, 0.05) is 28.6 Å². The van der Waals surface area contributed by atoms with E-state index in [1.165, 1.54) is 19.1 Å². The Balaban J connectivity index is 2.06. The number of halogens is 6. The van der Waals surface area contributed by atoms with Crippen molar-refractivity contribution < 1.29 is 35.5 Å². The van der Waals surface area contributed by atoms with Crippen molar-refractivity contribution in [3.63, 3.8) is 0 Å². The normalized spacial score (nSPS) is 11.8. The van der Waals surface area contributed by atoms with Gasteiger partial charge in [-0.1, -0.05) is 11.6 Å². The number of hydrogen-bond donors (Lipinski definition) is 1. The van der Waals surface area contributed by atoms with Gasteiger partial charge in [-0.2, -0.15) is 13.2 Å². The molecule has 0 unspecified atom stereocenters. The van der Waals surface area contributed by atoms with E-state index in [1.807, 2.05) is 0 Å². The predicted molar refractivity (Wildman–Crippen MR) is 113 cm³/mol. The molecule has 0 fully saturated rings. The highest BCUT2D eigenvalue weighted by atomic mass is 35.7. The number of carbonyl (C=O) groups is 1. The number of nitrogens with zero attached hydrogens (tertiary/aromatic N) is 1. The lowest BCUT2D eigenvalue weighted by atomic mass is 10.1. The molecule has 1 heterocycles. The molecular formula is C20H12Cl2F4N2O4S. The Bertz CT molecular complexity index is 1350. The lowest BCUT2D eigenvalue weighted by Gasteiger charge is -2.17. The highest BCUT2D eigenvalue weighted by Crippen LogP contribution is 2.40. The third-order valence-corrected chi connectivity index (χ3v) is 5.73. The topological polar surface area (TPSA) is 85.4 Å². The molecule has 0 aliphatic rings. The zero-order valence-corrected chi connectivity index (χ0v) is 18.7. The molecule has 0 saturated heterocycles. The molecule has 0 aliphatic heterocycles. The minimum Gasteiger partial charge on any atom is -0.456 e. The summed E-state index contributed by atoms with van der Waals surface area (Å²) in [5.74, 6) is -2.07. The number of carbonyl (C=O) groups excluding carboxylic acids is 1. The molecule has 1 amide bonds. The van der Waals surface area contributed by atoms with Crippen molar-refractivity contribution in [2.75, 3.05) is 5.32 Å². The Morgan fingerprint density at radius 1 is 1.09 bits per heavy atom. The van der Waals surface area contributed by atoms with E-state index in [0.717, 1.165) is 30.5 Å². The molecule has 3 aromatic rings. The van der Waals surface area contributed by atoms with Gasteiger partial charge in [0.15, 0.2) is 5.03 Å². The summed E-state index contributed by atoms with van der Waals surface area (Å²) in [4.78, 5) is 16.4. The summed E-state index contributed by atoms with van der Waals surface area (Å²) in [6.45, 7) is 1.46. The van der Waals surface area contributed by atoms with Gasteiger partial charge in [-0.05, 0) is 48.9 Å². The minimum atomic E-state index is -4.85. The van der Waals surface area contributed by atoms with Crippen molar-refractivity contribution in [1.29, 1.82) is 0 Å². The van der Waals surface area contributed by atoms with Gasteiger partial charge in [0.25, 0.3) is 15.0 Å². The fourth-order valence-corrected chi connectivity index (χ4v) is 3.68. The van der Waals surface area contributed by atoms with Crippen LogP contribution in [0, 0.1) is 12.7 Å². The number of anilines is 1. The zero-order chi connectivity index (χ0) is 24.6. The molecule has 33 heavy (non-hydrogen) atoms. The molecule has 0 aliphatic carbocycles. The third kappa shape index (κ3) is 5.92. The van der Waals surface area contributed by atoms with Crippen LogP contribution >= 0.6 is 22.3 Å². The summed E-state index contributed by atoms with van der Waals surface area (Å²) in [5, 5.41) is 1.01. The Morgan fingerprint density at radius 3 is 2.39 bits per heavy atom. The number of rotatable bonds is 5. The van der Waals surface area contributed by atoms with Crippen LogP contribution in [0.1, 0.15) is 21.5 Å². The van der Waals surface area contributed by atoms with Gasteiger partial charge < -0.3 is 10.1 Å². The SMILES string of the molecule is Cc1cc(F)ccc1Oc1cc(C(F)(F)F)c(Cl)cc1C(=O)Nc1ccnc(S(=O)(=O)Cl)c1. The Hall–Kier alpha value is -2.89. The maximum absolute atomic E-state index is 13.4. The summed E-state index contributed by atoms with van der Waals surface area (Å²) in [6.07, 6.45) is -3.79. The molecule has 0 bridgehead atoms. The van der Waals surface area contributed by atoms with E-state index in [-0.39, 0.29) is 17.0 Å². The summed E-state index contributed by atoms with van der Waals surface area (Å²) in [6, 6.07) is 6.81. The number of alkyl halides is 3. The largest absolute Gasteiger partial charge is 0.456 e. The van der Waals surface area contributed by atoms with E-state index >= 15 is 0 Å². The summed E-state index contributed by atoms with van der Waals surface area (Å²) >= 11 is 5.76. The summed E-state index contributed by atoms with van der Waals surface area (Å²) in [5.41, 5.74) is -1.45. The van der Waals surface area contributed by atoms with E-state index in [9.17, 15) is 30.8 Å². The molecule has 1 aromatic heterocycles. The molecule has 13 heteroatoms.